The summed E-state index contributed by atoms with van der Waals surface area (Å²) < 4.78 is 1.91. The monoisotopic (exact) mass is 334 g/mol. The van der Waals surface area contributed by atoms with Crippen LogP contribution in [0.3, 0.4) is 0 Å². The number of likely N-dealkylation sites (tertiary alicyclic amines) is 1. The second-order valence-corrected chi connectivity index (χ2v) is 6.63. The molecule has 0 unspecified atom stereocenters. The van der Waals surface area contributed by atoms with E-state index in [0.29, 0.717) is 12.5 Å². The van der Waals surface area contributed by atoms with E-state index in [0.717, 1.165) is 32.4 Å². The quantitative estimate of drug-likeness (QED) is 0.736. The molecule has 1 aliphatic rings. The first-order chi connectivity index (χ1) is 12.3. The van der Waals surface area contributed by atoms with Gasteiger partial charge in [0, 0.05) is 25.7 Å². The van der Waals surface area contributed by atoms with Crippen LogP contribution in [-0.2, 0) is 11.2 Å². The second kappa shape index (κ2) is 7.05. The summed E-state index contributed by atoms with van der Waals surface area (Å²) in [5.74, 6) is 0.255. The minimum Gasteiger partial charge on any atom is -0.343 e. The summed E-state index contributed by atoms with van der Waals surface area (Å²) in [5.41, 5.74) is 1.25. The van der Waals surface area contributed by atoms with Gasteiger partial charge in [-0.1, -0.05) is 47.7 Å². The maximum absolute atomic E-state index is 12.6. The smallest absolute Gasteiger partial charge is 0.222 e. The number of aromatic nitrogens is 3. The van der Waals surface area contributed by atoms with Gasteiger partial charge in [0.2, 0.25) is 5.91 Å². The minimum absolute atomic E-state index is 0.255. The zero-order valence-corrected chi connectivity index (χ0v) is 14.2. The van der Waals surface area contributed by atoms with E-state index in [-0.39, 0.29) is 5.91 Å². The first-order valence-corrected chi connectivity index (χ1v) is 8.91. The van der Waals surface area contributed by atoms with E-state index in [1.165, 1.54) is 16.3 Å². The van der Waals surface area contributed by atoms with Crippen LogP contribution in [0.1, 0.15) is 30.9 Å². The third-order valence-corrected chi connectivity index (χ3v) is 5.12. The molecule has 2 heterocycles. The van der Waals surface area contributed by atoms with Crippen molar-refractivity contribution < 1.29 is 4.79 Å². The van der Waals surface area contributed by atoms with Gasteiger partial charge < -0.3 is 4.90 Å². The van der Waals surface area contributed by atoms with Crippen molar-refractivity contribution in [3.8, 4) is 0 Å². The normalized spacial score (nSPS) is 15.6. The van der Waals surface area contributed by atoms with Gasteiger partial charge in [-0.05, 0) is 35.6 Å². The molecule has 128 valence electrons. The number of rotatable bonds is 4. The van der Waals surface area contributed by atoms with Gasteiger partial charge >= 0.3 is 0 Å². The van der Waals surface area contributed by atoms with Crippen molar-refractivity contribution in [1.82, 2.24) is 19.9 Å². The Balaban J connectivity index is 1.35. The largest absolute Gasteiger partial charge is 0.343 e. The summed E-state index contributed by atoms with van der Waals surface area (Å²) in [7, 11) is 0. The van der Waals surface area contributed by atoms with E-state index in [4.69, 9.17) is 0 Å². The van der Waals surface area contributed by atoms with Crippen molar-refractivity contribution in [2.75, 3.05) is 13.1 Å². The van der Waals surface area contributed by atoms with E-state index in [9.17, 15) is 4.79 Å². The second-order valence-electron chi connectivity index (χ2n) is 6.63. The molecular weight excluding hydrogens is 312 g/mol. The third kappa shape index (κ3) is 3.40. The number of benzene rings is 2. The van der Waals surface area contributed by atoms with E-state index in [1.54, 1.807) is 6.20 Å². The fourth-order valence-electron chi connectivity index (χ4n) is 3.70. The van der Waals surface area contributed by atoms with Crippen molar-refractivity contribution in [2.24, 2.45) is 0 Å². The Kier molecular flexibility index (Phi) is 4.46. The van der Waals surface area contributed by atoms with Gasteiger partial charge in [0.15, 0.2) is 0 Å². The summed E-state index contributed by atoms with van der Waals surface area (Å²) in [6.07, 6.45) is 6.88. The van der Waals surface area contributed by atoms with Crippen LogP contribution in [0.4, 0.5) is 0 Å². The number of hydrogen-bond donors (Lipinski definition) is 0. The zero-order valence-electron chi connectivity index (χ0n) is 14.2. The lowest BCUT2D eigenvalue weighted by atomic mass is 10.00. The molecule has 4 rings (SSSR count). The summed E-state index contributed by atoms with van der Waals surface area (Å²) in [5, 5.41) is 10.4. The Morgan fingerprint density at radius 3 is 2.68 bits per heavy atom. The number of hydrogen-bond acceptors (Lipinski definition) is 3. The summed E-state index contributed by atoms with van der Waals surface area (Å²) in [6.45, 7) is 1.61. The summed E-state index contributed by atoms with van der Waals surface area (Å²) in [6, 6.07) is 15.1. The van der Waals surface area contributed by atoms with Crippen LogP contribution < -0.4 is 0 Å². The first kappa shape index (κ1) is 15.8. The van der Waals surface area contributed by atoms with Crippen LogP contribution in [0.15, 0.2) is 54.9 Å². The summed E-state index contributed by atoms with van der Waals surface area (Å²) in [4.78, 5) is 14.6. The van der Waals surface area contributed by atoms with Crippen LogP contribution in [0.25, 0.3) is 10.8 Å². The van der Waals surface area contributed by atoms with Crippen LogP contribution in [0.2, 0.25) is 0 Å². The van der Waals surface area contributed by atoms with E-state index >= 15 is 0 Å². The Morgan fingerprint density at radius 2 is 1.88 bits per heavy atom. The summed E-state index contributed by atoms with van der Waals surface area (Å²) >= 11 is 0. The number of amides is 1. The van der Waals surface area contributed by atoms with Crippen molar-refractivity contribution in [1.29, 1.82) is 0 Å². The van der Waals surface area contributed by atoms with Gasteiger partial charge in [-0.2, -0.15) is 0 Å². The van der Waals surface area contributed by atoms with E-state index in [1.807, 2.05) is 15.8 Å². The molecule has 1 amide bonds. The fourth-order valence-corrected chi connectivity index (χ4v) is 3.70. The maximum Gasteiger partial charge on any atom is 0.222 e. The Hall–Kier alpha value is -2.69. The molecule has 1 fully saturated rings. The Morgan fingerprint density at radius 1 is 1.08 bits per heavy atom. The molecule has 5 heteroatoms. The highest BCUT2D eigenvalue weighted by atomic mass is 16.2. The van der Waals surface area contributed by atoms with Crippen molar-refractivity contribution in [3.05, 3.63) is 60.4 Å². The average molecular weight is 334 g/mol. The molecule has 0 saturated carbocycles. The van der Waals surface area contributed by atoms with Gasteiger partial charge in [0.05, 0.1) is 12.2 Å². The van der Waals surface area contributed by atoms with E-state index in [2.05, 4.69) is 52.8 Å². The topological polar surface area (TPSA) is 51.0 Å². The lowest BCUT2D eigenvalue weighted by Gasteiger charge is -2.32. The lowest BCUT2D eigenvalue weighted by molar-refractivity contribution is -0.132. The molecule has 0 radical (unpaired) electrons. The Bertz CT molecular complexity index is 846. The molecule has 0 bridgehead atoms. The molecule has 0 atom stereocenters. The highest BCUT2D eigenvalue weighted by Crippen LogP contribution is 2.23. The van der Waals surface area contributed by atoms with Gasteiger partial charge in [0.25, 0.3) is 0 Å². The molecule has 25 heavy (non-hydrogen) atoms. The van der Waals surface area contributed by atoms with E-state index < -0.39 is 0 Å². The predicted octanol–water partition coefficient (Wildman–Crippen LogP) is 3.23. The molecule has 5 nitrogen and oxygen atoms in total. The van der Waals surface area contributed by atoms with Crippen LogP contribution in [-0.4, -0.2) is 38.9 Å². The van der Waals surface area contributed by atoms with Gasteiger partial charge in [-0.15, -0.1) is 5.10 Å². The minimum atomic E-state index is 0.255. The molecule has 2 aromatic carbocycles. The standard InChI is InChI=1S/C20H22N4O/c25-20(23-13-10-18(11-14-23)24-15-12-21-22-24)9-8-17-6-3-5-16-4-1-2-7-19(16)17/h1-7,12,15,18H,8-11,13-14H2. The van der Waals surface area contributed by atoms with Crippen molar-refractivity contribution in [2.45, 2.75) is 31.7 Å². The molecule has 0 N–H and O–H groups in total. The number of piperidine rings is 1. The maximum atomic E-state index is 12.6. The Labute approximate surface area is 147 Å². The average Bonchev–Trinajstić information content (AvgIpc) is 3.21. The van der Waals surface area contributed by atoms with Gasteiger partial charge in [-0.3, -0.25) is 4.79 Å². The van der Waals surface area contributed by atoms with Crippen molar-refractivity contribution >= 4 is 16.7 Å². The SMILES string of the molecule is O=C(CCc1cccc2ccccc12)N1CCC(n2ccnn2)CC1. The molecule has 1 aromatic heterocycles. The highest BCUT2D eigenvalue weighted by molar-refractivity contribution is 5.86. The molecular formula is C20H22N4O. The first-order valence-electron chi connectivity index (χ1n) is 8.91. The molecule has 0 spiro atoms. The molecule has 0 aliphatic carbocycles. The fraction of sp³-hybridized carbons (Fsp3) is 0.350. The third-order valence-electron chi connectivity index (χ3n) is 5.12. The zero-order chi connectivity index (χ0) is 17.1. The number of carbonyl (C=O) groups excluding carboxylic acids is 1. The van der Waals surface area contributed by atoms with Gasteiger partial charge in [0.1, 0.15) is 0 Å². The number of aryl methyl sites for hydroxylation is 1. The van der Waals surface area contributed by atoms with Crippen LogP contribution >= 0.6 is 0 Å². The van der Waals surface area contributed by atoms with Crippen molar-refractivity contribution in [3.63, 3.8) is 0 Å². The molecule has 1 aliphatic heterocycles. The predicted molar refractivity (Wildman–Crippen MR) is 97.1 cm³/mol. The number of carbonyl (C=O) groups is 1. The number of fused-ring (bicyclic) bond motifs is 1. The molecule has 1 saturated heterocycles. The van der Waals surface area contributed by atoms with Gasteiger partial charge in [-0.25, -0.2) is 4.68 Å². The van der Waals surface area contributed by atoms with Crippen LogP contribution in [0.5, 0.6) is 0 Å². The highest BCUT2D eigenvalue weighted by Gasteiger charge is 2.24. The number of nitrogens with zero attached hydrogens (tertiary/aromatic N) is 4. The molecule has 3 aromatic rings. The van der Waals surface area contributed by atoms with Crippen LogP contribution in [0, 0.1) is 0 Å². The lowest BCUT2D eigenvalue weighted by Crippen LogP contribution is -2.39.